The monoisotopic (exact) mass is 430 g/mol. The van der Waals surface area contributed by atoms with Gasteiger partial charge in [0.25, 0.3) is 0 Å². The first kappa shape index (κ1) is 20.7. The van der Waals surface area contributed by atoms with Gasteiger partial charge >= 0.3 is 0 Å². The second-order valence-corrected chi connectivity index (χ2v) is 8.18. The van der Waals surface area contributed by atoms with Crippen LogP contribution in [0.2, 0.25) is 0 Å². The molecule has 0 radical (unpaired) electrons. The molecule has 0 unspecified atom stereocenters. The largest absolute Gasteiger partial charge is 0.489 e. The SMILES string of the molecule is C[C@H](Sc1nncn1-c1ccccc1)C(=O)Nc1ccc(OCc2ccccc2)cc1. The van der Waals surface area contributed by atoms with Crippen LogP contribution in [0.4, 0.5) is 5.69 Å². The second-order valence-electron chi connectivity index (χ2n) is 6.87. The summed E-state index contributed by atoms with van der Waals surface area (Å²) in [4.78, 5) is 12.7. The van der Waals surface area contributed by atoms with E-state index in [4.69, 9.17) is 4.74 Å². The Labute approximate surface area is 185 Å². The van der Waals surface area contributed by atoms with Crippen molar-refractivity contribution in [2.75, 3.05) is 5.32 Å². The Bertz CT molecular complexity index is 1120. The number of benzene rings is 3. The van der Waals surface area contributed by atoms with Crippen molar-refractivity contribution >= 4 is 23.4 Å². The van der Waals surface area contributed by atoms with E-state index < -0.39 is 0 Å². The molecule has 4 rings (SSSR count). The lowest BCUT2D eigenvalue weighted by Gasteiger charge is -2.13. The quantitative estimate of drug-likeness (QED) is 0.400. The molecule has 0 aliphatic heterocycles. The zero-order valence-corrected chi connectivity index (χ0v) is 17.8. The van der Waals surface area contributed by atoms with E-state index in [9.17, 15) is 4.79 Å². The summed E-state index contributed by atoms with van der Waals surface area (Å²) in [7, 11) is 0. The highest BCUT2D eigenvalue weighted by Crippen LogP contribution is 2.25. The maximum Gasteiger partial charge on any atom is 0.237 e. The number of thioether (sulfide) groups is 1. The predicted molar refractivity (Wildman–Crippen MR) is 123 cm³/mol. The first-order chi connectivity index (χ1) is 15.2. The lowest BCUT2D eigenvalue weighted by atomic mass is 10.2. The highest BCUT2D eigenvalue weighted by atomic mass is 32.2. The molecule has 0 saturated heterocycles. The Morgan fingerprint density at radius 2 is 1.68 bits per heavy atom. The number of ether oxygens (including phenoxy) is 1. The minimum Gasteiger partial charge on any atom is -0.489 e. The summed E-state index contributed by atoms with van der Waals surface area (Å²) in [5, 5.41) is 11.4. The van der Waals surface area contributed by atoms with E-state index in [2.05, 4.69) is 15.5 Å². The summed E-state index contributed by atoms with van der Waals surface area (Å²) in [5.41, 5.74) is 2.77. The van der Waals surface area contributed by atoms with Crippen molar-refractivity contribution in [2.24, 2.45) is 0 Å². The van der Waals surface area contributed by atoms with Gasteiger partial charge in [-0.2, -0.15) is 0 Å². The number of hydrogen-bond acceptors (Lipinski definition) is 5. The van der Waals surface area contributed by atoms with Crippen LogP contribution in [0.3, 0.4) is 0 Å². The van der Waals surface area contributed by atoms with E-state index in [1.807, 2.05) is 96.4 Å². The van der Waals surface area contributed by atoms with Crippen molar-refractivity contribution in [3.8, 4) is 11.4 Å². The third-order valence-corrected chi connectivity index (χ3v) is 5.63. The van der Waals surface area contributed by atoms with Crippen molar-refractivity contribution in [3.63, 3.8) is 0 Å². The molecule has 1 N–H and O–H groups in total. The Balaban J connectivity index is 1.33. The molecule has 1 atom stereocenters. The van der Waals surface area contributed by atoms with Gasteiger partial charge in [-0.3, -0.25) is 9.36 Å². The Hall–Kier alpha value is -3.58. The van der Waals surface area contributed by atoms with Gasteiger partial charge in [0.2, 0.25) is 5.91 Å². The number of amides is 1. The van der Waals surface area contributed by atoms with Crippen molar-refractivity contribution in [1.82, 2.24) is 14.8 Å². The fourth-order valence-corrected chi connectivity index (χ4v) is 3.74. The maximum atomic E-state index is 12.7. The molecule has 0 aliphatic carbocycles. The van der Waals surface area contributed by atoms with E-state index in [-0.39, 0.29) is 11.2 Å². The van der Waals surface area contributed by atoms with Crippen LogP contribution in [0.15, 0.2) is 96.4 Å². The van der Waals surface area contributed by atoms with E-state index in [1.54, 1.807) is 6.33 Å². The molecule has 7 heteroatoms. The summed E-state index contributed by atoms with van der Waals surface area (Å²) < 4.78 is 7.66. The molecule has 3 aromatic carbocycles. The highest BCUT2D eigenvalue weighted by molar-refractivity contribution is 8.00. The molecule has 6 nitrogen and oxygen atoms in total. The molecule has 1 aromatic heterocycles. The lowest BCUT2D eigenvalue weighted by Crippen LogP contribution is -2.22. The summed E-state index contributed by atoms with van der Waals surface area (Å²) in [6.07, 6.45) is 1.65. The fourth-order valence-electron chi connectivity index (χ4n) is 2.90. The third-order valence-electron chi connectivity index (χ3n) is 4.57. The number of para-hydroxylation sites is 1. The van der Waals surface area contributed by atoms with Crippen LogP contribution >= 0.6 is 11.8 Å². The Morgan fingerprint density at radius 1 is 1.00 bits per heavy atom. The Morgan fingerprint density at radius 3 is 2.39 bits per heavy atom. The van der Waals surface area contributed by atoms with Gasteiger partial charge in [0.15, 0.2) is 5.16 Å². The van der Waals surface area contributed by atoms with Gasteiger partial charge in [0.05, 0.1) is 5.25 Å². The van der Waals surface area contributed by atoms with Crippen LogP contribution in [0.25, 0.3) is 5.69 Å². The van der Waals surface area contributed by atoms with Crippen molar-refractivity contribution < 1.29 is 9.53 Å². The molecule has 156 valence electrons. The van der Waals surface area contributed by atoms with Crippen LogP contribution in [-0.2, 0) is 11.4 Å². The summed E-state index contributed by atoms with van der Waals surface area (Å²) >= 11 is 1.36. The van der Waals surface area contributed by atoms with Crippen LogP contribution in [0.5, 0.6) is 5.75 Å². The van der Waals surface area contributed by atoms with Gasteiger partial charge < -0.3 is 10.1 Å². The summed E-state index contributed by atoms with van der Waals surface area (Å²) in [6.45, 7) is 2.35. The van der Waals surface area contributed by atoms with E-state index in [0.29, 0.717) is 17.5 Å². The highest BCUT2D eigenvalue weighted by Gasteiger charge is 2.18. The average Bonchev–Trinajstić information content (AvgIpc) is 3.28. The number of nitrogens with zero attached hydrogens (tertiary/aromatic N) is 3. The van der Waals surface area contributed by atoms with Gasteiger partial charge in [-0.05, 0) is 48.9 Å². The maximum absolute atomic E-state index is 12.7. The third kappa shape index (κ3) is 5.52. The minimum atomic E-state index is -0.347. The van der Waals surface area contributed by atoms with Crippen LogP contribution in [0, 0.1) is 0 Å². The molecule has 0 saturated carbocycles. The molecule has 1 heterocycles. The standard InChI is InChI=1S/C24H22N4O2S/c1-18(31-24-27-25-17-28(24)21-10-6-3-7-11-21)23(29)26-20-12-14-22(15-13-20)30-16-19-8-4-2-5-9-19/h2-15,17-18H,16H2,1H3,(H,26,29)/t18-/m0/s1. The van der Waals surface area contributed by atoms with Gasteiger partial charge in [0.1, 0.15) is 18.7 Å². The predicted octanol–water partition coefficient (Wildman–Crippen LogP) is 4.97. The van der Waals surface area contributed by atoms with Crippen LogP contribution in [-0.4, -0.2) is 25.9 Å². The number of anilines is 1. The normalized spacial score (nSPS) is 11.6. The van der Waals surface area contributed by atoms with E-state index in [1.165, 1.54) is 11.8 Å². The lowest BCUT2D eigenvalue weighted by molar-refractivity contribution is -0.115. The first-order valence-electron chi connectivity index (χ1n) is 9.89. The van der Waals surface area contributed by atoms with Crippen LogP contribution in [0.1, 0.15) is 12.5 Å². The zero-order valence-electron chi connectivity index (χ0n) is 17.0. The summed E-state index contributed by atoms with van der Waals surface area (Å²) in [5.74, 6) is 0.644. The molecule has 0 aliphatic rings. The topological polar surface area (TPSA) is 69.0 Å². The fraction of sp³-hybridized carbons (Fsp3) is 0.125. The van der Waals surface area contributed by atoms with Crippen molar-refractivity contribution in [2.45, 2.75) is 23.9 Å². The number of nitrogens with one attached hydrogen (secondary N) is 1. The van der Waals surface area contributed by atoms with Crippen LogP contribution < -0.4 is 10.1 Å². The second kappa shape index (κ2) is 9.95. The van der Waals surface area contributed by atoms with Crippen molar-refractivity contribution in [1.29, 1.82) is 0 Å². The van der Waals surface area contributed by atoms with Gasteiger partial charge in [-0.1, -0.05) is 60.3 Å². The number of rotatable bonds is 8. The molecule has 31 heavy (non-hydrogen) atoms. The molecular weight excluding hydrogens is 408 g/mol. The van der Waals surface area contributed by atoms with Gasteiger partial charge in [-0.15, -0.1) is 10.2 Å². The first-order valence-corrected chi connectivity index (χ1v) is 10.8. The van der Waals surface area contributed by atoms with Gasteiger partial charge in [-0.25, -0.2) is 0 Å². The number of carbonyl (C=O) groups excluding carboxylic acids is 1. The smallest absolute Gasteiger partial charge is 0.237 e. The van der Waals surface area contributed by atoms with E-state index >= 15 is 0 Å². The molecule has 0 bridgehead atoms. The van der Waals surface area contributed by atoms with Gasteiger partial charge in [0, 0.05) is 11.4 Å². The number of carbonyl (C=O) groups is 1. The van der Waals surface area contributed by atoms with Crippen molar-refractivity contribution in [3.05, 3.63) is 96.8 Å². The molecule has 0 fully saturated rings. The van der Waals surface area contributed by atoms with E-state index in [0.717, 1.165) is 17.0 Å². The number of hydrogen-bond donors (Lipinski definition) is 1. The molecule has 4 aromatic rings. The zero-order chi connectivity index (χ0) is 21.5. The average molecular weight is 431 g/mol. The summed E-state index contributed by atoms with van der Waals surface area (Å²) in [6, 6.07) is 27.2. The Kier molecular flexibility index (Phi) is 6.64. The molecular formula is C24H22N4O2S. The molecule has 1 amide bonds. The minimum absolute atomic E-state index is 0.106. The number of aromatic nitrogens is 3. The molecule has 0 spiro atoms.